The first-order valence-electron chi connectivity index (χ1n) is 6.09. The highest BCUT2D eigenvalue weighted by atomic mass is 35.5. The van der Waals surface area contributed by atoms with E-state index >= 15 is 0 Å². The zero-order chi connectivity index (χ0) is 13.0. The number of aromatic nitrogens is 2. The molecule has 0 bridgehead atoms. The summed E-state index contributed by atoms with van der Waals surface area (Å²) in [4.78, 5) is 8.54. The van der Waals surface area contributed by atoms with Crippen molar-refractivity contribution < 1.29 is 4.74 Å². The molecule has 1 heterocycles. The van der Waals surface area contributed by atoms with E-state index in [4.69, 9.17) is 16.3 Å². The minimum Gasteiger partial charge on any atom is -0.475 e. The maximum atomic E-state index is 5.95. The standard InChI is InChI=1S/C13H21ClN2O/c1-8(2)6-10(5)17-12-7-11(14)15-13(16-12)9(3)4/h7-10H,6H2,1-5H3. The Morgan fingerprint density at radius 1 is 1.18 bits per heavy atom. The molecule has 1 unspecified atom stereocenters. The Morgan fingerprint density at radius 2 is 1.82 bits per heavy atom. The van der Waals surface area contributed by atoms with Gasteiger partial charge in [0.05, 0.1) is 6.10 Å². The van der Waals surface area contributed by atoms with Crippen LogP contribution >= 0.6 is 11.6 Å². The van der Waals surface area contributed by atoms with E-state index in [9.17, 15) is 0 Å². The predicted molar refractivity (Wildman–Crippen MR) is 70.7 cm³/mol. The highest BCUT2D eigenvalue weighted by Gasteiger charge is 2.11. The van der Waals surface area contributed by atoms with Gasteiger partial charge >= 0.3 is 0 Å². The van der Waals surface area contributed by atoms with Crippen molar-refractivity contribution in [2.75, 3.05) is 0 Å². The Labute approximate surface area is 109 Å². The first kappa shape index (κ1) is 14.2. The van der Waals surface area contributed by atoms with E-state index in [2.05, 4.69) is 23.8 Å². The Hall–Kier alpha value is -0.830. The topological polar surface area (TPSA) is 35.0 Å². The van der Waals surface area contributed by atoms with Gasteiger partial charge in [0.2, 0.25) is 5.88 Å². The van der Waals surface area contributed by atoms with Crippen molar-refractivity contribution in [2.45, 2.75) is 53.1 Å². The van der Waals surface area contributed by atoms with Crippen molar-refractivity contribution in [1.29, 1.82) is 0 Å². The van der Waals surface area contributed by atoms with E-state index in [1.165, 1.54) is 0 Å². The van der Waals surface area contributed by atoms with Gasteiger partial charge in [0.25, 0.3) is 0 Å². The summed E-state index contributed by atoms with van der Waals surface area (Å²) >= 11 is 5.95. The second-order valence-electron chi connectivity index (χ2n) is 5.10. The van der Waals surface area contributed by atoms with Gasteiger partial charge in [-0.2, -0.15) is 4.98 Å². The minimum absolute atomic E-state index is 0.140. The van der Waals surface area contributed by atoms with Gasteiger partial charge < -0.3 is 4.74 Å². The molecule has 3 nitrogen and oxygen atoms in total. The molecule has 1 aromatic rings. The van der Waals surface area contributed by atoms with Gasteiger partial charge in [0.15, 0.2) is 0 Å². The summed E-state index contributed by atoms with van der Waals surface area (Å²) in [7, 11) is 0. The molecule has 0 radical (unpaired) electrons. The molecule has 0 N–H and O–H groups in total. The Morgan fingerprint density at radius 3 is 2.35 bits per heavy atom. The number of nitrogens with zero attached hydrogens (tertiary/aromatic N) is 2. The van der Waals surface area contributed by atoms with Crippen LogP contribution in [0.5, 0.6) is 5.88 Å². The normalized spacial score (nSPS) is 13.2. The van der Waals surface area contributed by atoms with Crippen LogP contribution in [0.4, 0.5) is 0 Å². The third-order valence-electron chi connectivity index (χ3n) is 2.33. The molecule has 0 amide bonds. The maximum Gasteiger partial charge on any atom is 0.218 e. The molecule has 0 aliphatic rings. The lowest BCUT2D eigenvalue weighted by Gasteiger charge is -2.16. The van der Waals surface area contributed by atoms with Crippen LogP contribution in [0.15, 0.2) is 6.07 Å². The van der Waals surface area contributed by atoms with Gasteiger partial charge in [0.1, 0.15) is 11.0 Å². The van der Waals surface area contributed by atoms with Gasteiger partial charge in [-0.3, -0.25) is 0 Å². The predicted octanol–water partition coefficient (Wildman–Crippen LogP) is 4.07. The van der Waals surface area contributed by atoms with Gasteiger partial charge in [-0.05, 0) is 19.3 Å². The Kier molecular flexibility index (Phi) is 5.19. The molecule has 0 saturated heterocycles. The van der Waals surface area contributed by atoms with E-state index in [1.807, 2.05) is 20.8 Å². The zero-order valence-corrected chi connectivity index (χ0v) is 12.0. The molecule has 0 aromatic carbocycles. The van der Waals surface area contributed by atoms with Crippen LogP contribution < -0.4 is 4.74 Å². The second-order valence-corrected chi connectivity index (χ2v) is 5.49. The number of halogens is 1. The molecule has 0 spiro atoms. The summed E-state index contributed by atoms with van der Waals surface area (Å²) in [5.41, 5.74) is 0. The summed E-state index contributed by atoms with van der Waals surface area (Å²) in [5.74, 6) is 2.15. The summed E-state index contributed by atoms with van der Waals surface area (Å²) in [6, 6.07) is 1.67. The maximum absolute atomic E-state index is 5.95. The quantitative estimate of drug-likeness (QED) is 0.745. The number of ether oxygens (including phenoxy) is 1. The van der Waals surface area contributed by atoms with Crippen LogP contribution in [0.25, 0.3) is 0 Å². The van der Waals surface area contributed by atoms with Crippen molar-refractivity contribution in [3.05, 3.63) is 17.0 Å². The van der Waals surface area contributed by atoms with Crippen LogP contribution in [0.2, 0.25) is 5.15 Å². The number of hydrogen-bond donors (Lipinski definition) is 0. The SMILES string of the molecule is CC(C)CC(C)Oc1cc(Cl)nc(C(C)C)n1. The number of rotatable bonds is 5. The molecular formula is C13H21ClN2O. The highest BCUT2D eigenvalue weighted by Crippen LogP contribution is 2.20. The van der Waals surface area contributed by atoms with E-state index < -0.39 is 0 Å². The molecule has 1 atom stereocenters. The smallest absolute Gasteiger partial charge is 0.218 e. The highest BCUT2D eigenvalue weighted by molar-refractivity contribution is 6.29. The van der Waals surface area contributed by atoms with Crippen LogP contribution in [0, 0.1) is 5.92 Å². The first-order valence-corrected chi connectivity index (χ1v) is 6.47. The molecule has 17 heavy (non-hydrogen) atoms. The summed E-state index contributed by atoms with van der Waals surface area (Å²) in [6.07, 6.45) is 1.14. The monoisotopic (exact) mass is 256 g/mol. The van der Waals surface area contributed by atoms with Crippen molar-refractivity contribution in [3.8, 4) is 5.88 Å². The Bertz CT molecular complexity index is 366. The largest absolute Gasteiger partial charge is 0.475 e. The molecule has 0 saturated carbocycles. The van der Waals surface area contributed by atoms with Crippen molar-refractivity contribution in [1.82, 2.24) is 9.97 Å². The fraction of sp³-hybridized carbons (Fsp3) is 0.692. The Balaban J connectivity index is 2.77. The van der Waals surface area contributed by atoms with Gasteiger partial charge in [-0.15, -0.1) is 0 Å². The van der Waals surface area contributed by atoms with Gasteiger partial charge in [-0.1, -0.05) is 39.3 Å². The van der Waals surface area contributed by atoms with Gasteiger partial charge in [-0.25, -0.2) is 4.98 Å². The van der Waals surface area contributed by atoms with Crippen LogP contribution in [-0.2, 0) is 0 Å². The molecular weight excluding hydrogens is 236 g/mol. The minimum atomic E-state index is 0.140. The molecule has 4 heteroatoms. The first-order chi connectivity index (χ1) is 7.88. The van der Waals surface area contributed by atoms with E-state index in [0.29, 0.717) is 17.0 Å². The average Bonchev–Trinajstić information content (AvgIpc) is 2.14. The van der Waals surface area contributed by atoms with Crippen LogP contribution in [0.1, 0.15) is 52.8 Å². The van der Waals surface area contributed by atoms with E-state index in [1.54, 1.807) is 6.07 Å². The molecule has 1 rings (SSSR count). The second kappa shape index (κ2) is 6.20. The lowest BCUT2D eigenvalue weighted by Crippen LogP contribution is -2.16. The molecule has 0 aliphatic heterocycles. The third kappa shape index (κ3) is 4.90. The van der Waals surface area contributed by atoms with Crippen LogP contribution in [-0.4, -0.2) is 16.1 Å². The lowest BCUT2D eigenvalue weighted by atomic mass is 10.1. The lowest BCUT2D eigenvalue weighted by molar-refractivity contribution is 0.184. The molecule has 0 aliphatic carbocycles. The van der Waals surface area contributed by atoms with E-state index in [-0.39, 0.29) is 12.0 Å². The fourth-order valence-corrected chi connectivity index (χ4v) is 1.83. The molecule has 1 aromatic heterocycles. The van der Waals surface area contributed by atoms with Crippen molar-refractivity contribution in [2.24, 2.45) is 5.92 Å². The van der Waals surface area contributed by atoms with E-state index in [0.717, 1.165) is 12.2 Å². The van der Waals surface area contributed by atoms with Crippen molar-refractivity contribution in [3.63, 3.8) is 0 Å². The fourth-order valence-electron chi connectivity index (χ4n) is 1.65. The van der Waals surface area contributed by atoms with Crippen molar-refractivity contribution >= 4 is 11.6 Å². The summed E-state index contributed by atoms with van der Waals surface area (Å²) in [6.45, 7) is 10.5. The molecule has 0 fully saturated rings. The zero-order valence-electron chi connectivity index (χ0n) is 11.2. The van der Waals surface area contributed by atoms with Gasteiger partial charge in [0, 0.05) is 12.0 Å². The average molecular weight is 257 g/mol. The number of hydrogen-bond acceptors (Lipinski definition) is 3. The molecule has 96 valence electrons. The summed E-state index contributed by atoms with van der Waals surface area (Å²) in [5, 5.41) is 0.440. The van der Waals surface area contributed by atoms with Crippen LogP contribution in [0.3, 0.4) is 0 Å². The summed E-state index contributed by atoms with van der Waals surface area (Å²) < 4.78 is 5.76. The third-order valence-corrected chi connectivity index (χ3v) is 2.52.